The van der Waals surface area contributed by atoms with Crippen LogP contribution in [-0.2, 0) is 16.6 Å². The lowest BCUT2D eigenvalue weighted by atomic mass is 10.3. The van der Waals surface area contributed by atoms with Gasteiger partial charge in [-0.05, 0) is 55.3 Å². The number of aromatic amines is 1. The number of hydrogen-bond donors (Lipinski definition) is 3. The van der Waals surface area contributed by atoms with Crippen molar-refractivity contribution in [2.45, 2.75) is 23.3 Å². The average Bonchev–Trinajstić information content (AvgIpc) is 3.44. The maximum absolute atomic E-state index is 12.5. The Morgan fingerprint density at radius 1 is 1.09 bits per heavy atom. The van der Waals surface area contributed by atoms with E-state index < -0.39 is 10.0 Å². The van der Waals surface area contributed by atoms with E-state index in [-0.39, 0.29) is 4.90 Å². The van der Waals surface area contributed by atoms with Crippen LogP contribution in [0.4, 0.5) is 11.5 Å². The fourth-order valence-corrected chi connectivity index (χ4v) is 5.29. The molecule has 5 rings (SSSR count). The third-order valence-corrected chi connectivity index (χ3v) is 7.23. The number of rotatable bonds is 7. The van der Waals surface area contributed by atoms with Crippen molar-refractivity contribution >= 4 is 39.3 Å². The molecule has 2 aromatic carbocycles. The Morgan fingerprint density at radius 2 is 1.88 bits per heavy atom. The molecule has 1 aliphatic rings. The maximum Gasteiger partial charge on any atom is 0.261 e. The third kappa shape index (κ3) is 4.73. The minimum absolute atomic E-state index is 0.226. The third-order valence-electron chi connectivity index (χ3n) is 4.89. The summed E-state index contributed by atoms with van der Waals surface area (Å²) in [6, 6.07) is 17.5. The molecule has 2 aromatic heterocycles. The molecule has 0 spiro atoms. The van der Waals surface area contributed by atoms with Gasteiger partial charge in [-0.1, -0.05) is 18.2 Å². The normalized spacial score (nSPS) is 13.4. The molecule has 0 bridgehead atoms. The smallest absolute Gasteiger partial charge is 0.261 e. The molecular formula is C22H21N7O2S2. The van der Waals surface area contributed by atoms with Gasteiger partial charge in [0.05, 0.1) is 17.6 Å². The van der Waals surface area contributed by atoms with E-state index in [2.05, 4.69) is 29.5 Å². The fraction of sp³-hybridized carbons (Fsp3) is 0.0909. The lowest BCUT2D eigenvalue weighted by molar-refractivity contribution is 0.562. The second-order valence-electron chi connectivity index (χ2n) is 7.40. The molecule has 0 saturated carbocycles. The van der Waals surface area contributed by atoms with E-state index in [0.717, 1.165) is 28.1 Å². The Labute approximate surface area is 195 Å². The Kier molecular flexibility index (Phi) is 5.56. The minimum atomic E-state index is -3.62. The van der Waals surface area contributed by atoms with E-state index in [4.69, 9.17) is 0 Å². The van der Waals surface area contributed by atoms with Crippen molar-refractivity contribution in [2.75, 3.05) is 10.0 Å². The summed E-state index contributed by atoms with van der Waals surface area (Å²) in [6.45, 7) is 2.56. The molecule has 0 radical (unpaired) electrons. The van der Waals surface area contributed by atoms with Crippen LogP contribution in [0.3, 0.4) is 0 Å². The van der Waals surface area contributed by atoms with Crippen LogP contribution in [0.2, 0.25) is 0 Å². The van der Waals surface area contributed by atoms with Crippen molar-refractivity contribution in [3.05, 3.63) is 90.8 Å². The SMILES string of the molecule is Cc1cc(NC2=CN(Sc3ccc(NS(=O)(=O)c4ccccc4)cc3)Cc3nccn32)n[nH]1. The van der Waals surface area contributed by atoms with Gasteiger partial charge in [-0.2, -0.15) is 5.10 Å². The van der Waals surface area contributed by atoms with Crippen LogP contribution in [0, 0.1) is 6.92 Å². The Morgan fingerprint density at radius 3 is 2.61 bits per heavy atom. The van der Waals surface area contributed by atoms with Crippen molar-refractivity contribution in [3.8, 4) is 0 Å². The van der Waals surface area contributed by atoms with Crippen LogP contribution in [0.25, 0.3) is 5.82 Å². The largest absolute Gasteiger partial charge is 0.323 e. The summed E-state index contributed by atoms with van der Waals surface area (Å²) in [5, 5.41) is 10.5. The topological polar surface area (TPSA) is 108 Å². The van der Waals surface area contributed by atoms with Gasteiger partial charge in [0.25, 0.3) is 10.0 Å². The monoisotopic (exact) mass is 479 g/mol. The van der Waals surface area contributed by atoms with Gasteiger partial charge in [-0.25, -0.2) is 13.4 Å². The minimum Gasteiger partial charge on any atom is -0.323 e. The van der Waals surface area contributed by atoms with Crippen molar-refractivity contribution in [1.29, 1.82) is 0 Å². The Bertz CT molecular complexity index is 1390. The zero-order chi connectivity index (χ0) is 22.8. The fourth-order valence-electron chi connectivity index (χ4n) is 3.35. The Balaban J connectivity index is 1.30. The van der Waals surface area contributed by atoms with E-state index in [1.807, 2.05) is 42.1 Å². The number of imidazole rings is 1. The summed E-state index contributed by atoms with van der Waals surface area (Å²) in [4.78, 5) is 5.64. The molecule has 0 amide bonds. The highest BCUT2D eigenvalue weighted by Crippen LogP contribution is 2.31. The van der Waals surface area contributed by atoms with Crippen molar-refractivity contribution in [1.82, 2.24) is 24.1 Å². The van der Waals surface area contributed by atoms with Crippen LogP contribution in [-0.4, -0.2) is 32.5 Å². The molecule has 1 aliphatic heterocycles. The second-order valence-corrected chi connectivity index (χ2v) is 10.2. The number of H-pyrrole nitrogens is 1. The van der Waals surface area contributed by atoms with Crippen LogP contribution in [0.1, 0.15) is 11.5 Å². The van der Waals surface area contributed by atoms with Gasteiger partial charge in [-0.3, -0.25) is 14.4 Å². The van der Waals surface area contributed by atoms with Crippen LogP contribution in [0.15, 0.2) is 89.0 Å². The summed E-state index contributed by atoms with van der Waals surface area (Å²) in [7, 11) is -3.62. The van der Waals surface area contributed by atoms with E-state index in [9.17, 15) is 8.42 Å². The number of benzene rings is 2. The zero-order valence-electron chi connectivity index (χ0n) is 17.6. The van der Waals surface area contributed by atoms with Crippen LogP contribution < -0.4 is 10.0 Å². The van der Waals surface area contributed by atoms with Gasteiger partial charge in [0.1, 0.15) is 11.6 Å². The van der Waals surface area contributed by atoms with Crippen LogP contribution >= 0.6 is 11.9 Å². The van der Waals surface area contributed by atoms with E-state index >= 15 is 0 Å². The Hall–Kier alpha value is -3.70. The van der Waals surface area contributed by atoms with Gasteiger partial charge >= 0.3 is 0 Å². The highest BCUT2D eigenvalue weighted by molar-refractivity contribution is 7.97. The summed E-state index contributed by atoms with van der Waals surface area (Å²) in [6.07, 6.45) is 5.67. The lowest BCUT2D eigenvalue weighted by Crippen LogP contribution is -2.23. The molecule has 9 nitrogen and oxygen atoms in total. The first-order valence-corrected chi connectivity index (χ1v) is 12.4. The molecular weight excluding hydrogens is 458 g/mol. The van der Waals surface area contributed by atoms with E-state index in [1.54, 1.807) is 48.7 Å². The summed E-state index contributed by atoms with van der Waals surface area (Å²) < 4.78 is 31.7. The number of aryl methyl sites for hydroxylation is 1. The molecule has 0 fully saturated rings. The molecule has 0 aliphatic carbocycles. The number of nitrogens with zero attached hydrogens (tertiary/aromatic N) is 4. The number of sulfonamides is 1. The molecule has 0 unspecified atom stereocenters. The quantitative estimate of drug-likeness (QED) is 0.342. The number of hydrogen-bond acceptors (Lipinski definition) is 7. The van der Waals surface area contributed by atoms with Crippen molar-refractivity contribution in [2.24, 2.45) is 0 Å². The summed E-state index contributed by atoms with van der Waals surface area (Å²) in [5.74, 6) is 2.45. The molecule has 3 heterocycles. The molecule has 4 aromatic rings. The number of nitrogens with one attached hydrogen (secondary N) is 3. The zero-order valence-corrected chi connectivity index (χ0v) is 19.3. The van der Waals surface area contributed by atoms with E-state index in [0.29, 0.717) is 12.2 Å². The van der Waals surface area contributed by atoms with E-state index in [1.165, 1.54) is 11.9 Å². The highest BCUT2D eigenvalue weighted by Gasteiger charge is 2.20. The van der Waals surface area contributed by atoms with Crippen LogP contribution in [0.5, 0.6) is 0 Å². The molecule has 0 saturated heterocycles. The van der Waals surface area contributed by atoms with Crippen molar-refractivity contribution < 1.29 is 8.42 Å². The second kappa shape index (κ2) is 8.68. The first kappa shape index (κ1) is 21.2. The number of fused-ring (bicyclic) bond motifs is 1. The van der Waals surface area contributed by atoms with Gasteiger partial charge in [-0.15, -0.1) is 0 Å². The van der Waals surface area contributed by atoms with Gasteiger partial charge in [0, 0.05) is 34.7 Å². The first-order chi connectivity index (χ1) is 16.0. The predicted octanol–water partition coefficient (Wildman–Crippen LogP) is 4.11. The van der Waals surface area contributed by atoms with Crippen molar-refractivity contribution in [3.63, 3.8) is 0 Å². The first-order valence-electron chi connectivity index (χ1n) is 10.1. The summed E-state index contributed by atoms with van der Waals surface area (Å²) in [5.41, 5.74) is 1.47. The summed E-state index contributed by atoms with van der Waals surface area (Å²) >= 11 is 1.53. The molecule has 3 N–H and O–H groups in total. The average molecular weight is 480 g/mol. The van der Waals surface area contributed by atoms with Gasteiger partial charge < -0.3 is 9.62 Å². The van der Waals surface area contributed by atoms with Gasteiger partial charge in [0.15, 0.2) is 5.82 Å². The van der Waals surface area contributed by atoms with Gasteiger partial charge in [0.2, 0.25) is 0 Å². The standard InChI is InChI=1S/C22H21N7O2S2/c1-16-13-20(26-25-16)24-22-15-28(14-21-23-11-12-29(21)22)32-18-9-7-17(8-10-18)27-33(30,31)19-5-3-2-4-6-19/h2-13,15,27H,14H2,1H3,(H2,24,25,26). The lowest BCUT2D eigenvalue weighted by Gasteiger charge is -2.26. The maximum atomic E-state index is 12.5. The predicted molar refractivity (Wildman–Crippen MR) is 129 cm³/mol. The molecule has 0 atom stereocenters. The molecule has 11 heteroatoms. The molecule has 33 heavy (non-hydrogen) atoms. The molecule has 168 valence electrons. The highest BCUT2D eigenvalue weighted by atomic mass is 32.2. The number of aromatic nitrogens is 4. The number of anilines is 2.